The first-order valence-corrected chi connectivity index (χ1v) is 5.91. The predicted molar refractivity (Wildman–Crippen MR) is 66.1 cm³/mol. The molecule has 0 spiro atoms. The van der Waals surface area contributed by atoms with Crippen molar-refractivity contribution in [2.75, 3.05) is 0 Å². The zero-order chi connectivity index (χ0) is 11.4. The Balaban J connectivity index is 2.91. The number of halogens is 1. The maximum Gasteiger partial charge on any atom is 0.252 e. The molecule has 0 radical (unpaired) electrons. The van der Waals surface area contributed by atoms with Crippen LogP contribution in [0.25, 0.3) is 0 Å². The molecule has 1 aromatic carbocycles. The second-order valence-electron chi connectivity index (χ2n) is 3.71. The Morgan fingerprint density at radius 3 is 2.73 bits per heavy atom. The van der Waals surface area contributed by atoms with Gasteiger partial charge in [0.1, 0.15) is 0 Å². The van der Waals surface area contributed by atoms with Gasteiger partial charge in [0, 0.05) is 10.5 Å². The summed E-state index contributed by atoms with van der Waals surface area (Å²) in [7, 11) is 0. The Morgan fingerprint density at radius 1 is 1.53 bits per heavy atom. The maximum atomic E-state index is 11.9. The Morgan fingerprint density at radius 2 is 2.20 bits per heavy atom. The van der Waals surface area contributed by atoms with Crippen molar-refractivity contribution in [2.45, 2.75) is 33.2 Å². The molecule has 82 valence electrons. The van der Waals surface area contributed by atoms with Crippen molar-refractivity contribution in [1.82, 2.24) is 5.32 Å². The highest BCUT2D eigenvalue weighted by molar-refractivity contribution is 9.10. The molecule has 0 fully saturated rings. The summed E-state index contributed by atoms with van der Waals surface area (Å²) in [5.41, 5.74) is 1.72. The number of carbonyl (C=O) groups excluding carboxylic acids is 1. The third-order valence-electron chi connectivity index (χ3n) is 2.44. The number of nitrogens with one attached hydrogen (secondary N) is 1. The average molecular weight is 270 g/mol. The van der Waals surface area contributed by atoms with Crippen LogP contribution >= 0.6 is 15.9 Å². The van der Waals surface area contributed by atoms with Gasteiger partial charge in [-0.05, 0) is 47.8 Å². The van der Waals surface area contributed by atoms with Gasteiger partial charge < -0.3 is 5.32 Å². The molecule has 3 heteroatoms. The molecule has 0 aliphatic rings. The molecule has 0 heterocycles. The van der Waals surface area contributed by atoms with Crippen LogP contribution in [-0.4, -0.2) is 11.9 Å². The monoisotopic (exact) mass is 269 g/mol. The quantitative estimate of drug-likeness (QED) is 0.897. The van der Waals surface area contributed by atoms with Crippen molar-refractivity contribution >= 4 is 21.8 Å². The number of hydrogen-bond donors (Lipinski definition) is 1. The van der Waals surface area contributed by atoms with Crippen LogP contribution < -0.4 is 5.32 Å². The standard InChI is InChI=1S/C12H16BrNO/c1-4-9(3)14-12(15)11-8(2)6-5-7-10(11)13/h5-7,9H,4H2,1-3H3,(H,14,15). The fourth-order valence-electron chi connectivity index (χ4n) is 1.32. The van der Waals surface area contributed by atoms with Gasteiger partial charge in [-0.3, -0.25) is 4.79 Å². The number of hydrogen-bond acceptors (Lipinski definition) is 1. The van der Waals surface area contributed by atoms with Crippen molar-refractivity contribution in [2.24, 2.45) is 0 Å². The van der Waals surface area contributed by atoms with Crippen molar-refractivity contribution in [3.63, 3.8) is 0 Å². The highest BCUT2D eigenvalue weighted by Gasteiger charge is 2.13. The van der Waals surface area contributed by atoms with Gasteiger partial charge in [-0.1, -0.05) is 19.1 Å². The number of rotatable bonds is 3. The Labute approximate surface area is 99.2 Å². The van der Waals surface area contributed by atoms with E-state index < -0.39 is 0 Å². The zero-order valence-electron chi connectivity index (χ0n) is 9.30. The molecule has 15 heavy (non-hydrogen) atoms. The molecular weight excluding hydrogens is 254 g/mol. The topological polar surface area (TPSA) is 29.1 Å². The zero-order valence-corrected chi connectivity index (χ0v) is 10.9. The van der Waals surface area contributed by atoms with Gasteiger partial charge in [0.05, 0.1) is 5.56 Å². The van der Waals surface area contributed by atoms with E-state index in [0.717, 1.165) is 22.0 Å². The first-order chi connectivity index (χ1) is 7.06. The fourth-order valence-corrected chi connectivity index (χ4v) is 1.96. The number of aryl methyl sites for hydroxylation is 1. The Bertz CT molecular complexity index is 342. The van der Waals surface area contributed by atoms with Crippen LogP contribution in [0.5, 0.6) is 0 Å². The summed E-state index contributed by atoms with van der Waals surface area (Å²) in [6, 6.07) is 5.97. The molecule has 0 saturated heterocycles. The second-order valence-corrected chi connectivity index (χ2v) is 4.57. The molecule has 1 N–H and O–H groups in total. The highest BCUT2D eigenvalue weighted by atomic mass is 79.9. The lowest BCUT2D eigenvalue weighted by molar-refractivity contribution is 0.0938. The SMILES string of the molecule is CCC(C)NC(=O)c1c(C)cccc1Br. The van der Waals surface area contributed by atoms with Gasteiger partial charge in [0.15, 0.2) is 0 Å². The maximum absolute atomic E-state index is 11.9. The predicted octanol–water partition coefficient (Wildman–Crippen LogP) is 3.29. The molecule has 0 aliphatic heterocycles. The van der Waals surface area contributed by atoms with Crippen molar-refractivity contribution in [3.8, 4) is 0 Å². The highest BCUT2D eigenvalue weighted by Crippen LogP contribution is 2.20. The van der Waals surface area contributed by atoms with Crippen molar-refractivity contribution < 1.29 is 4.79 Å². The summed E-state index contributed by atoms with van der Waals surface area (Å²) in [5.74, 6) is -0.00525. The Hall–Kier alpha value is -0.830. The van der Waals surface area contributed by atoms with E-state index in [1.807, 2.05) is 32.0 Å². The summed E-state index contributed by atoms with van der Waals surface area (Å²) >= 11 is 3.40. The first kappa shape index (κ1) is 12.2. The molecule has 0 aromatic heterocycles. The van der Waals surface area contributed by atoms with E-state index in [9.17, 15) is 4.79 Å². The van der Waals surface area contributed by atoms with Crippen LogP contribution in [0.4, 0.5) is 0 Å². The molecule has 1 amide bonds. The van der Waals surface area contributed by atoms with Gasteiger partial charge in [0.2, 0.25) is 0 Å². The van der Waals surface area contributed by atoms with E-state index >= 15 is 0 Å². The smallest absolute Gasteiger partial charge is 0.252 e. The average Bonchev–Trinajstić information content (AvgIpc) is 2.17. The van der Waals surface area contributed by atoms with Crippen molar-refractivity contribution in [3.05, 3.63) is 33.8 Å². The first-order valence-electron chi connectivity index (χ1n) is 5.12. The molecule has 1 aromatic rings. The van der Waals surface area contributed by atoms with Gasteiger partial charge in [0.25, 0.3) is 5.91 Å². The molecule has 1 atom stereocenters. The molecule has 1 rings (SSSR count). The second kappa shape index (κ2) is 5.31. The van der Waals surface area contributed by atoms with Gasteiger partial charge >= 0.3 is 0 Å². The summed E-state index contributed by atoms with van der Waals surface area (Å²) in [4.78, 5) is 11.9. The van der Waals surface area contributed by atoms with E-state index in [1.165, 1.54) is 0 Å². The normalized spacial score (nSPS) is 12.3. The molecular formula is C12H16BrNO. The number of carbonyl (C=O) groups is 1. The molecule has 0 bridgehead atoms. The van der Waals surface area contributed by atoms with Crippen LogP contribution in [-0.2, 0) is 0 Å². The molecule has 1 unspecified atom stereocenters. The van der Waals surface area contributed by atoms with Gasteiger partial charge in [-0.15, -0.1) is 0 Å². The van der Waals surface area contributed by atoms with E-state index in [4.69, 9.17) is 0 Å². The minimum Gasteiger partial charge on any atom is -0.350 e. The molecule has 2 nitrogen and oxygen atoms in total. The summed E-state index contributed by atoms with van der Waals surface area (Å²) in [5, 5.41) is 2.96. The van der Waals surface area contributed by atoms with Crippen LogP contribution in [0, 0.1) is 6.92 Å². The van der Waals surface area contributed by atoms with Crippen LogP contribution in [0.1, 0.15) is 36.2 Å². The van der Waals surface area contributed by atoms with Crippen LogP contribution in [0.2, 0.25) is 0 Å². The minimum atomic E-state index is -0.00525. The lowest BCUT2D eigenvalue weighted by atomic mass is 10.1. The molecule has 0 saturated carbocycles. The van der Waals surface area contributed by atoms with E-state index in [-0.39, 0.29) is 11.9 Å². The van der Waals surface area contributed by atoms with Crippen LogP contribution in [0.3, 0.4) is 0 Å². The largest absolute Gasteiger partial charge is 0.350 e. The Kier molecular flexibility index (Phi) is 4.33. The van der Waals surface area contributed by atoms with E-state index in [1.54, 1.807) is 0 Å². The van der Waals surface area contributed by atoms with Gasteiger partial charge in [-0.2, -0.15) is 0 Å². The van der Waals surface area contributed by atoms with Crippen molar-refractivity contribution in [1.29, 1.82) is 0 Å². The fraction of sp³-hybridized carbons (Fsp3) is 0.417. The molecule has 0 aliphatic carbocycles. The van der Waals surface area contributed by atoms with E-state index in [2.05, 4.69) is 28.2 Å². The number of amides is 1. The summed E-state index contributed by atoms with van der Waals surface area (Å²) in [6.45, 7) is 6.00. The third kappa shape index (κ3) is 3.06. The lowest BCUT2D eigenvalue weighted by Gasteiger charge is -2.13. The summed E-state index contributed by atoms with van der Waals surface area (Å²) in [6.07, 6.45) is 0.940. The minimum absolute atomic E-state index is 0.00525. The third-order valence-corrected chi connectivity index (χ3v) is 3.10. The van der Waals surface area contributed by atoms with Crippen LogP contribution in [0.15, 0.2) is 22.7 Å². The lowest BCUT2D eigenvalue weighted by Crippen LogP contribution is -2.32. The van der Waals surface area contributed by atoms with Gasteiger partial charge in [-0.25, -0.2) is 0 Å². The van der Waals surface area contributed by atoms with E-state index in [0.29, 0.717) is 0 Å². The number of benzene rings is 1. The summed E-state index contributed by atoms with van der Waals surface area (Å²) < 4.78 is 0.850.